The summed E-state index contributed by atoms with van der Waals surface area (Å²) in [6.07, 6.45) is -4.05. The average Bonchev–Trinajstić information content (AvgIpc) is 3.06. The SMILES string of the molecule is CC1CC(Nc2nnc(C(F)(F)F)s2)C(=O)N1c1ccccc1. The maximum Gasteiger partial charge on any atom is 0.445 e. The van der Waals surface area contributed by atoms with E-state index < -0.39 is 17.2 Å². The van der Waals surface area contributed by atoms with E-state index in [1.165, 1.54) is 0 Å². The van der Waals surface area contributed by atoms with Gasteiger partial charge in [-0.2, -0.15) is 13.2 Å². The van der Waals surface area contributed by atoms with E-state index in [0.29, 0.717) is 17.8 Å². The number of anilines is 2. The van der Waals surface area contributed by atoms with Gasteiger partial charge in [-0.05, 0) is 25.5 Å². The van der Waals surface area contributed by atoms with Gasteiger partial charge in [0.05, 0.1) is 0 Å². The summed E-state index contributed by atoms with van der Waals surface area (Å²) in [5.41, 5.74) is 0.766. The second-order valence-electron chi connectivity index (χ2n) is 5.24. The van der Waals surface area contributed by atoms with Gasteiger partial charge in [0, 0.05) is 11.7 Å². The molecular formula is C14H13F3N4OS. The molecule has 23 heavy (non-hydrogen) atoms. The lowest BCUT2D eigenvalue weighted by Gasteiger charge is -2.21. The highest BCUT2D eigenvalue weighted by molar-refractivity contribution is 7.15. The van der Waals surface area contributed by atoms with E-state index in [-0.39, 0.29) is 17.1 Å². The van der Waals surface area contributed by atoms with E-state index in [4.69, 9.17) is 0 Å². The number of hydrogen-bond acceptors (Lipinski definition) is 5. The van der Waals surface area contributed by atoms with E-state index in [1.54, 1.807) is 4.90 Å². The minimum absolute atomic E-state index is 0.00205. The number of rotatable bonds is 3. The fourth-order valence-corrected chi connectivity index (χ4v) is 3.23. The number of amides is 1. The highest BCUT2D eigenvalue weighted by Crippen LogP contribution is 2.34. The molecule has 1 aliphatic heterocycles. The Balaban J connectivity index is 1.75. The molecular weight excluding hydrogens is 329 g/mol. The number of alkyl halides is 3. The number of hydrogen-bond donors (Lipinski definition) is 1. The van der Waals surface area contributed by atoms with Crippen molar-refractivity contribution in [3.05, 3.63) is 35.3 Å². The zero-order chi connectivity index (χ0) is 16.6. The van der Waals surface area contributed by atoms with Crippen molar-refractivity contribution in [1.82, 2.24) is 10.2 Å². The first-order valence-corrected chi connectivity index (χ1v) is 7.73. The molecule has 1 saturated heterocycles. The molecule has 5 nitrogen and oxygen atoms in total. The Morgan fingerprint density at radius 2 is 1.96 bits per heavy atom. The Kier molecular flexibility index (Phi) is 3.97. The third-order valence-electron chi connectivity index (χ3n) is 3.55. The summed E-state index contributed by atoms with van der Waals surface area (Å²) >= 11 is 0.398. The van der Waals surface area contributed by atoms with Gasteiger partial charge in [-0.15, -0.1) is 10.2 Å². The predicted molar refractivity (Wildman–Crippen MR) is 80.3 cm³/mol. The van der Waals surface area contributed by atoms with Crippen LogP contribution in [0.5, 0.6) is 0 Å². The molecule has 1 aliphatic rings. The molecule has 9 heteroatoms. The Morgan fingerprint density at radius 1 is 1.26 bits per heavy atom. The summed E-state index contributed by atoms with van der Waals surface area (Å²) in [6.45, 7) is 1.90. The van der Waals surface area contributed by atoms with Gasteiger partial charge < -0.3 is 10.2 Å². The minimum atomic E-state index is -4.53. The molecule has 0 radical (unpaired) electrons. The molecule has 2 aromatic rings. The van der Waals surface area contributed by atoms with Crippen LogP contribution in [0.2, 0.25) is 0 Å². The van der Waals surface area contributed by atoms with Gasteiger partial charge in [-0.3, -0.25) is 4.79 Å². The van der Waals surface area contributed by atoms with Crippen LogP contribution in [0, 0.1) is 0 Å². The second kappa shape index (κ2) is 5.80. The summed E-state index contributed by atoms with van der Waals surface area (Å²) in [4.78, 5) is 14.2. The summed E-state index contributed by atoms with van der Waals surface area (Å²) in [5, 5.41) is 8.31. The molecule has 2 unspecified atom stereocenters. The number of halogens is 3. The quantitative estimate of drug-likeness (QED) is 0.931. The number of carbonyl (C=O) groups excluding carboxylic acids is 1. The average molecular weight is 342 g/mol. The third-order valence-corrected chi connectivity index (χ3v) is 4.45. The summed E-state index contributed by atoms with van der Waals surface area (Å²) in [5.74, 6) is -0.188. The van der Waals surface area contributed by atoms with Crippen LogP contribution < -0.4 is 10.2 Å². The fraction of sp³-hybridized carbons (Fsp3) is 0.357. The third kappa shape index (κ3) is 3.14. The van der Waals surface area contributed by atoms with Crippen LogP contribution in [0.25, 0.3) is 0 Å². The summed E-state index contributed by atoms with van der Waals surface area (Å²) in [7, 11) is 0. The number of benzene rings is 1. The van der Waals surface area contributed by atoms with Crippen molar-refractivity contribution in [2.24, 2.45) is 0 Å². The van der Waals surface area contributed by atoms with Crippen molar-refractivity contribution >= 4 is 28.1 Å². The lowest BCUT2D eigenvalue weighted by atomic mass is 10.2. The smallest absolute Gasteiger partial charge is 0.348 e. The molecule has 1 fully saturated rings. The highest BCUT2D eigenvalue weighted by atomic mass is 32.1. The van der Waals surface area contributed by atoms with Crippen LogP contribution in [0.4, 0.5) is 24.0 Å². The maximum atomic E-state index is 12.5. The van der Waals surface area contributed by atoms with E-state index in [0.717, 1.165) is 5.69 Å². The van der Waals surface area contributed by atoms with Crippen molar-refractivity contribution in [2.45, 2.75) is 31.6 Å². The predicted octanol–water partition coefficient (Wildman–Crippen LogP) is 3.16. The van der Waals surface area contributed by atoms with Crippen LogP contribution in [-0.2, 0) is 11.0 Å². The first-order valence-electron chi connectivity index (χ1n) is 6.91. The van der Waals surface area contributed by atoms with Crippen molar-refractivity contribution in [1.29, 1.82) is 0 Å². The topological polar surface area (TPSA) is 58.1 Å². The van der Waals surface area contributed by atoms with Gasteiger partial charge >= 0.3 is 6.18 Å². The van der Waals surface area contributed by atoms with Crippen LogP contribution in [0.1, 0.15) is 18.4 Å². The molecule has 1 amide bonds. The molecule has 2 atom stereocenters. The molecule has 0 spiro atoms. The van der Waals surface area contributed by atoms with E-state index in [1.807, 2.05) is 37.3 Å². The van der Waals surface area contributed by atoms with E-state index in [9.17, 15) is 18.0 Å². The summed E-state index contributed by atoms with van der Waals surface area (Å²) < 4.78 is 37.6. The summed E-state index contributed by atoms with van der Waals surface area (Å²) in [6, 6.07) is 8.49. The molecule has 122 valence electrons. The Hall–Kier alpha value is -2.16. The lowest BCUT2D eigenvalue weighted by Crippen LogP contribution is -2.35. The molecule has 2 heterocycles. The minimum Gasteiger partial charge on any atom is -0.348 e. The van der Waals surface area contributed by atoms with Crippen LogP contribution in [0.3, 0.4) is 0 Å². The first kappa shape index (κ1) is 15.7. The van der Waals surface area contributed by atoms with Crippen molar-refractivity contribution in [2.75, 3.05) is 10.2 Å². The van der Waals surface area contributed by atoms with E-state index >= 15 is 0 Å². The molecule has 0 aliphatic carbocycles. The van der Waals surface area contributed by atoms with Crippen LogP contribution >= 0.6 is 11.3 Å². The molecule has 1 aromatic carbocycles. The van der Waals surface area contributed by atoms with Gasteiger partial charge in [0.1, 0.15) is 6.04 Å². The van der Waals surface area contributed by atoms with Gasteiger partial charge in [0.15, 0.2) is 0 Å². The van der Waals surface area contributed by atoms with Gasteiger partial charge in [-0.1, -0.05) is 29.5 Å². The fourth-order valence-electron chi connectivity index (χ4n) is 2.57. The molecule has 3 rings (SSSR count). The first-order chi connectivity index (χ1) is 10.9. The largest absolute Gasteiger partial charge is 0.445 e. The van der Waals surface area contributed by atoms with Gasteiger partial charge in [-0.25, -0.2) is 0 Å². The molecule has 0 bridgehead atoms. The Bertz CT molecular complexity index is 704. The maximum absolute atomic E-state index is 12.5. The molecule has 1 aromatic heterocycles. The van der Waals surface area contributed by atoms with Gasteiger partial charge in [0.25, 0.3) is 0 Å². The van der Waals surface area contributed by atoms with Crippen LogP contribution in [-0.4, -0.2) is 28.2 Å². The number of aromatic nitrogens is 2. The number of nitrogens with one attached hydrogen (secondary N) is 1. The Labute approximate surface area is 134 Å². The lowest BCUT2D eigenvalue weighted by molar-refractivity contribution is -0.138. The normalized spacial score (nSPS) is 21.7. The monoisotopic (exact) mass is 342 g/mol. The molecule has 0 saturated carbocycles. The number of para-hydroxylation sites is 1. The van der Waals surface area contributed by atoms with E-state index in [2.05, 4.69) is 15.5 Å². The highest BCUT2D eigenvalue weighted by Gasteiger charge is 2.40. The number of nitrogens with zero attached hydrogens (tertiary/aromatic N) is 3. The second-order valence-corrected chi connectivity index (χ2v) is 6.21. The number of carbonyl (C=O) groups is 1. The zero-order valence-electron chi connectivity index (χ0n) is 12.0. The van der Waals surface area contributed by atoms with Gasteiger partial charge in [0.2, 0.25) is 16.0 Å². The zero-order valence-corrected chi connectivity index (χ0v) is 12.9. The Morgan fingerprint density at radius 3 is 2.57 bits per heavy atom. The van der Waals surface area contributed by atoms with Crippen molar-refractivity contribution in [3.63, 3.8) is 0 Å². The molecule has 1 N–H and O–H groups in total. The standard InChI is InChI=1S/C14H13F3N4OS/c1-8-7-10(11(22)21(8)9-5-3-2-4-6-9)18-13-20-19-12(23-13)14(15,16)17/h2-6,8,10H,7H2,1H3,(H,18,20). The van der Waals surface area contributed by atoms with Crippen molar-refractivity contribution in [3.8, 4) is 0 Å². The van der Waals surface area contributed by atoms with Crippen LogP contribution in [0.15, 0.2) is 30.3 Å². The van der Waals surface area contributed by atoms with Crippen molar-refractivity contribution < 1.29 is 18.0 Å².